The molecule has 0 saturated carbocycles. The number of hydrogen-bond acceptors (Lipinski definition) is 5. The van der Waals surface area contributed by atoms with Crippen molar-refractivity contribution < 1.29 is 29.6 Å². The molecular weight excluding hydrogens is 252 g/mol. The Hall–Kier alpha value is -1.66. The van der Waals surface area contributed by atoms with Gasteiger partial charge in [-0.1, -0.05) is 20.1 Å². The third-order valence-corrected chi connectivity index (χ3v) is 1.25. The first kappa shape index (κ1) is 22.5. The number of carboxylic acid groups (broad SMARTS) is 1. The molecule has 3 N–H and O–H groups in total. The fourth-order valence-electron chi connectivity index (χ4n) is 0.318. The van der Waals surface area contributed by atoms with Crippen LogP contribution < -0.4 is 0 Å². The summed E-state index contributed by atoms with van der Waals surface area (Å²) in [4.78, 5) is 20.2. The lowest BCUT2D eigenvalue weighted by atomic mass is 10.4. The summed E-state index contributed by atoms with van der Waals surface area (Å²) in [7, 11) is 0. The van der Waals surface area contributed by atoms with Crippen molar-refractivity contribution in [1.29, 1.82) is 0 Å². The van der Waals surface area contributed by atoms with E-state index in [0.29, 0.717) is 12.2 Å². The highest BCUT2D eigenvalue weighted by molar-refractivity contribution is 5.86. The van der Waals surface area contributed by atoms with E-state index in [1.807, 2.05) is 6.92 Å². The van der Waals surface area contributed by atoms with E-state index < -0.39 is 5.97 Å². The van der Waals surface area contributed by atoms with Gasteiger partial charge in [0.25, 0.3) is 0 Å². The average molecular weight is 276 g/mol. The molecule has 0 aromatic heterocycles. The topological polar surface area (TPSA) is 104 Å². The highest BCUT2D eigenvalue weighted by Gasteiger charge is 1.99. The van der Waals surface area contributed by atoms with Crippen molar-refractivity contribution in [1.82, 2.24) is 0 Å². The number of esters is 1. The molecule has 0 amide bonds. The first-order valence-electron chi connectivity index (χ1n) is 5.67. The maximum atomic E-state index is 10.6. The van der Waals surface area contributed by atoms with Gasteiger partial charge in [-0.2, -0.15) is 0 Å². The molecule has 0 atom stereocenters. The van der Waals surface area contributed by atoms with E-state index >= 15 is 0 Å². The molecule has 0 unspecified atom stereocenters. The molecule has 0 aliphatic carbocycles. The zero-order valence-corrected chi connectivity index (χ0v) is 11.8. The molecule has 0 aromatic carbocycles. The summed E-state index contributed by atoms with van der Waals surface area (Å²) in [5.74, 6) is -1.23. The molecular formula is C13H24O6. The Kier molecular flexibility index (Phi) is 19.4. The van der Waals surface area contributed by atoms with Gasteiger partial charge in [-0.25, -0.2) is 9.59 Å². The van der Waals surface area contributed by atoms with E-state index in [1.165, 1.54) is 6.92 Å². The monoisotopic (exact) mass is 276 g/mol. The van der Waals surface area contributed by atoms with Crippen LogP contribution in [0, 0.1) is 0 Å². The summed E-state index contributed by atoms with van der Waals surface area (Å²) in [5.41, 5.74) is 0.637. The molecule has 0 radical (unpaired) electrons. The van der Waals surface area contributed by atoms with Gasteiger partial charge in [0.05, 0.1) is 19.8 Å². The molecule has 0 saturated heterocycles. The third-order valence-electron chi connectivity index (χ3n) is 1.25. The first-order chi connectivity index (χ1) is 8.74. The van der Waals surface area contributed by atoms with Crippen LogP contribution in [0.2, 0.25) is 0 Å². The number of hydrogen-bond donors (Lipinski definition) is 3. The van der Waals surface area contributed by atoms with Crippen LogP contribution in [0.25, 0.3) is 0 Å². The summed E-state index contributed by atoms with van der Waals surface area (Å²) in [6.45, 7) is 11.9. The Morgan fingerprint density at radius 1 is 1.05 bits per heavy atom. The number of carbonyl (C=O) groups excluding carboxylic acids is 1. The molecule has 6 heteroatoms. The highest BCUT2D eigenvalue weighted by atomic mass is 16.5. The minimum atomic E-state index is -0.935. The predicted molar refractivity (Wildman–Crippen MR) is 72.7 cm³/mol. The van der Waals surface area contributed by atoms with Gasteiger partial charge in [-0.05, 0) is 20.3 Å². The Morgan fingerprint density at radius 2 is 1.42 bits per heavy atom. The molecule has 0 aliphatic heterocycles. The van der Waals surface area contributed by atoms with E-state index in [0.717, 1.165) is 6.42 Å². The SMILES string of the molecule is C=C(C)C(=O)O.C=C(C)C(=O)OCCC.OCCO. The maximum Gasteiger partial charge on any atom is 0.333 e. The van der Waals surface area contributed by atoms with Crippen LogP contribution in [0.4, 0.5) is 0 Å². The summed E-state index contributed by atoms with van der Waals surface area (Å²) >= 11 is 0. The molecule has 19 heavy (non-hydrogen) atoms. The van der Waals surface area contributed by atoms with Gasteiger partial charge in [-0.15, -0.1) is 0 Å². The molecule has 0 spiro atoms. The number of aliphatic hydroxyl groups is 2. The molecule has 0 bridgehead atoms. The Labute approximate surface area is 114 Å². The van der Waals surface area contributed by atoms with Gasteiger partial charge in [0.2, 0.25) is 0 Å². The van der Waals surface area contributed by atoms with Crippen LogP contribution in [0.3, 0.4) is 0 Å². The van der Waals surface area contributed by atoms with Crippen LogP contribution in [-0.4, -0.2) is 47.1 Å². The quantitative estimate of drug-likeness (QED) is 0.513. The summed E-state index contributed by atoms with van der Waals surface area (Å²) in [6.07, 6.45) is 0.860. The van der Waals surface area contributed by atoms with E-state index in [9.17, 15) is 9.59 Å². The minimum absolute atomic E-state index is 0.125. The summed E-state index contributed by atoms with van der Waals surface area (Å²) in [6, 6.07) is 0. The van der Waals surface area contributed by atoms with Crippen molar-refractivity contribution in [3.05, 3.63) is 24.3 Å². The molecule has 0 rings (SSSR count). The molecule has 6 nitrogen and oxygen atoms in total. The molecule has 0 aliphatic rings. The fraction of sp³-hybridized carbons (Fsp3) is 0.538. The fourth-order valence-corrected chi connectivity index (χ4v) is 0.318. The number of carbonyl (C=O) groups is 2. The van der Waals surface area contributed by atoms with Crippen LogP contribution in [0.15, 0.2) is 24.3 Å². The lowest BCUT2D eigenvalue weighted by Gasteiger charge is -1.99. The second-order valence-electron chi connectivity index (χ2n) is 3.45. The van der Waals surface area contributed by atoms with E-state index in [2.05, 4.69) is 13.2 Å². The average Bonchev–Trinajstić information content (AvgIpc) is 2.36. The van der Waals surface area contributed by atoms with Crippen molar-refractivity contribution in [3.8, 4) is 0 Å². The lowest BCUT2D eigenvalue weighted by molar-refractivity contribution is -0.139. The van der Waals surface area contributed by atoms with Gasteiger partial charge in [0.15, 0.2) is 0 Å². The number of aliphatic hydroxyl groups excluding tert-OH is 2. The van der Waals surface area contributed by atoms with E-state index in [-0.39, 0.29) is 24.8 Å². The van der Waals surface area contributed by atoms with E-state index in [1.54, 1.807) is 6.92 Å². The van der Waals surface area contributed by atoms with Crippen LogP contribution >= 0.6 is 0 Å². The standard InChI is InChI=1S/C7H12O2.C4H6O2.C2H6O2/c1-4-5-9-7(8)6(2)3;1-3(2)4(5)6;3-1-2-4/h2,4-5H2,1,3H3;1H2,2H3,(H,5,6);3-4H,1-2H2. The van der Waals surface area contributed by atoms with Crippen molar-refractivity contribution in [2.24, 2.45) is 0 Å². The largest absolute Gasteiger partial charge is 0.478 e. The van der Waals surface area contributed by atoms with Crippen molar-refractivity contribution in [2.75, 3.05) is 19.8 Å². The number of carboxylic acids is 1. The van der Waals surface area contributed by atoms with Crippen molar-refractivity contribution in [2.45, 2.75) is 27.2 Å². The number of ether oxygens (including phenoxy) is 1. The Balaban J connectivity index is -0.000000222. The molecule has 0 aromatic rings. The highest BCUT2D eigenvalue weighted by Crippen LogP contribution is 1.91. The van der Waals surface area contributed by atoms with Crippen LogP contribution in [0.5, 0.6) is 0 Å². The molecule has 0 heterocycles. The van der Waals surface area contributed by atoms with Gasteiger partial charge in [0, 0.05) is 11.1 Å². The lowest BCUT2D eigenvalue weighted by Crippen LogP contribution is -2.04. The van der Waals surface area contributed by atoms with E-state index in [4.69, 9.17) is 20.1 Å². The molecule has 0 fully saturated rings. The van der Waals surface area contributed by atoms with Gasteiger partial charge in [-0.3, -0.25) is 0 Å². The third kappa shape index (κ3) is 26.1. The normalized spacial score (nSPS) is 8.05. The summed E-state index contributed by atoms with van der Waals surface area (Å²) < 4.78 is 4.71. The number of rotatable bonds is 5. The zero-order chi connectivity index (χ0) is 15.8. The Bertz CT molecular complexity index is 269. The van der Waals surface area contributed by atoms with Gasteiger partial charge in [0.1, 0.15) is 0 Å². The van der Waals surface area contributed by atoms with Crippen LogP contribution in [0.1, 0.15) is 27.2 Å². The first-order valence-corrected chi connectivity index (χ1v) is 5.67. The summed E-state index contributed by atoms with van der Waals surface area (Å²) in [5, 5.41) is 23.1. The van der Waals surface area contributed by atoms with Crippen LogP contribution in [-0.2, 0) is 14.3 Å². The molecule has 112 valence electrons. The second kappa shape index (κ2) is 16.3. The number of aliphatic carboxylic acids is 1. The van der Waals surface area contributed by atoms with Crippen molar-refractivity contribution >= 4 is 11.9 Å². The predicted octanol–water partition coefficient (Wildman–Crippen LogP) is 1.13. The Morgan fingerprint density at radius 3 is 1.58 bits per heavy atom. The van der Waals surface area contributed by atoms with Gasteiger partial charge >= 0.3 is 11.9 Å². The maximum absolute atomic E-state index is 10.6. The smallest absolute Gasteiger partial charge is 0.333 e. The minimum Gasteiger partial charge on any atom is -0.478 e. The zero-order valence-electron chi connectivity index (χ0n) is 11.8. The van der Waals surface area contributed by atoms with Crippen molar-refractivity contribution in [3.63, 3.8) is 0 Å². The second-order valence-corrected chi connectivity index (χ2v) is 3.45. The van der Waals surface area contributed by atoms with Gasteiger partial charge < -0.3 is 20.1 Å².